The number of hydrogen-bond acceptors (Lipinski definition) is 4. The first-order valence-electron chi connectivity index (χ1n) is 11.1. The van der Waals surface area contributed by atoms with Crippen molar-refractivity contribution >= 4 is 29.2 Å². The molecular weight excluding hydrogens is 492 g/mol. The van der Waals surface area contributed by atoms with Crippen LogP contribution < -0.4 is 4.74 Å². The number of ether oxygens (including phenoxy) is 1. The summed E-state index contributed by atoms with van der Waals surface area (Å²) in [5.74, 6) is 0.115. The van der Waals surface area contributed by atoms with Crippen LogP contribution in [0.1, 0.15) is 35.6 Å². The molecule has 1 aromatic heterocycles. The number of carboxylic acids is 1. The number of halogens is 3. The summed E-state index contributed by atoms with van der Waals surface area (Å²) in [7, 11) is 0. The molecule has 0 radical (unpaired) electrons. The van der Waals surface area contributed by atoms with E-state index in [-0.39, 0.29) is 18.6 Å². The maximum absolute atomic E-state index is 14.3. The van der Waals surface area contributed by atoms with Gasteiger partial charge < -0.3 is 14.4 Å². The fourth-order valence-corrected chi connectivity index (χ4v) is 4.56. The zero-order valence-corrected chi connectivity index (χ0v) is 19.9. The largest absolute Gasteiger partial charge is 0.489 e. The minimum atomic E-state index is -1.07. The zero-order valence-electron chi connectivity index (χ0n) is 18.4. The monoisotopic (exact) mass is 511 g/mol. The van der Waals surface area contributed by atoms with Crippen molar-refractivity contribution < 1.29 is 23.6 Å². The summed E-state index contributed by atoms with van der Waals surface area (Å²) in [5.41, 5.74) is 3.60. The minimum absolute atomic E-state index is 0.149. The van der Waals surface area contributed by atoms with Crippen molar-refractivity contribution in [3.63, 3.8) is 0 Å². The van der Waals surface area contributed by atoms with E-state index in [1.54, 1.807) is 36.4 Å². The number of aliphatic carboxylic acids is 1. The van der Waals surface area contributed by atoms with E-state index in [4.69, 9.17) is 37.6 Å². The average molecular weight is 512 g/mol. The molecule has 178 valence electrons. The Kier molecular flexibility index (Phi) is 6.50. The highest BCUT2D eigenvalue weighted by Gasteiger charge is 2.33. The van der Waals surface area contributed by atoms with Gasteiger partial charge in [0.2, 0.25) is 0 Å². The summed E-state index contributed by atoms with van der Waals surface area (Å²) in [6.07, 6.45) is 1.72. The second-order valence-electron chi connectivity index (χ2n) is 8.43. The third kappa shape index (κ3) is 5.04. The van der Waals surface area contributed by atoms with Crippen LogP contribution in [-0.4, -0.2) is 16.2 Å². The molecule has 1 saturated carbocycles. The van der Waals surface area contributed by atoms with Crippen LogP contribution in [0.5, 0.6) is 5.75 Å². The van der Waals surface area contributed by atoms with Crippen LogP contribution in [0.4, 0.5) is 4.39 Å². The van der Waals surface area contributed by atoms with Crippen LogP contribution in [0.3, 0.4) is 0 Å². The van der Waals surface area contributed by atoms with Crippen LogP contribution in [0, 0.1) is 5.82 Å². The highest BCUT2D eigenvalue weighted by atomic mass is 35.5. The molecule has 4 aromatic rings. The predicted molar refractivity (Wildman–Crippen MR) is 131 cm³/mol. The Morgan fingerprint density at radius 2 is 1.74 bits per heavy atom. The van der Waals surface area contributed by atoms with Gasteiger partial charge in [0.25, 0.3) is 0 Å². The van der Waals surface area contributed by atoms with E-state index < -0.39 is 11.8 Å². The van der Waals surface area contributed by atoms with Crippen molar-refractivity contribution in [2.75, 3.05) is 0 Å². The summed E-state index contributed by atoms with van der Waals surface area (Å²) in [6.45, 7) is 0.226. The Labute approximate surface area is 211 Å². The van der Waals surface area contributed by atoms with Gasteiger partial charge >= 0.3 is 5.97 Å². The molecule has 1 heterocycles. The SMILES string of the molecule is O=C(O)Cc1ccc(-c2ccc(OCc3c(-c4c(Cl)cccc4Cl)noc3C3CC3)cc2)cc1F. The van der Waals surface area contributed by atoms with Crippen LogP contribution in [0.25, 0.3) is 22.4 Å². The normalized spacial score (nSPS) is 13.1. The van der Waals surface area contributed by atoms with Gasteiger partial charge in [-0.25, -0.2) is 4.39 Å². The summed E-state index contributed by atoms with van der Waals surface area (Å²) < 4.78 is 26.0. The predicted octanol–water partition coefficient (Wildman–Crippen LogP) is 7.54. The molecular formula is C27H20Cl2FNO4. The zero-order chi connectivity index (χ0) is 24.5. The number of carbonyl (C=O) groups is 1. The lowest BCUT2D eigenvalue weighted by atomic mass is 10.0. The van der Waals surface area contributed by atoms with Crippen molar-refractivity contribution in [1.82, 2.24) is 5.16 Å². The van der Waals surface area contributed by atoms with E-state index in [2.05, 4.69) is 5.16 Å². The molecule has 0 unspecified atom stereocenters. The third-order valence-electron chi connectivity index (χ3n) is 5.93. The molecule has 0 atom stereocenters. The lowest BCUT2D eigenvalue weighted by Gasteiger charge is -2.10. The van der Waals surface area contributed by atoms with E-state index >= 15 is 0 Å². The molecule has 1 aliphatic carbocycles. The van der Waals surface area contributed by atoms with Gasteiger partial charge in [-0.1, -0.05) is 58.7 Å². The van der Waals surface area contributed by atoms with Gasteiger partial charge in [0, 0.05) is 11.5 Å². The number of nitrogens with zero attached hydrogens (tertiary/aromatic N) is 1. The van der Waals surface area contributed by atoms with E-state index in [9.17, 15) is 9.18 Å². The molecule has 0 spiro atoms. The highest BCUT2D eigenvalue weighted by Crippen LogP contribution is 2.46. The third-order valence-corrected chi connectivity index (χ3v) is 6.56. The lowest BCUT2D eigenvalue weighted by Crippen LogP contribution is -2.02. The molecule has 5 nitrogen and oxygen atoms in total. The molecule has 1 N–H and O–H groups in total. The van der Waals surface area contributed by atoms with Crippen molar-refractivity contribution in [2.24, 2.45) is 0 Å². The topological polar surface area (TPSA) is 72.6 Å². The Bertz CT molecular complexity index is 1380. The van der Waals surface area contributed by atoms with Crippen molar-refractivity contribution in [1.29, 1.82) is 0 Å². The molecule has 5 rings (SSSR count). The Hall–Kier alpha value is -3.35. The molecule has 35 heavy (non-hydrogen) atoms. The highest BCUT2D eigenvalue weighted by molar-refractivity contribution is 6.39. The van der Waals surface area contributed by atoms with Gasteiger partial charge in [-0.3, -0.25) is 4.79 Å². The Balaban J connectivity index is 1.36. The van der Waals surface area contributed by atoms with Gasteiger partial charge in [-0.2, -0.15) is 0 Å². The molecule has 0 saturated heterocycles. The van der Waals surface area contributed by atoms with Crippen molar-refractivity contribution in [3.05, 3.63) is 93.4 Å². The van der Waals surface area contributed by atoms with Crippen LogP contribution >= 0.6 is 23.2 Å². The van der Waals surface area contributed by atoms with Gasteiger partial charge in [0.1, 0.15) is 29.6 Å². The van der Waals surface area contributed by atoms with Crippen molar-refractivity contribution in [3.8, 4) is 28.1 Å². The summed E-state index contributed by atoms with van der Waals surface area (Å²) in [4.78, 5) is 10.9. The fraction of sp³-hybridized carbons (Fsp3) is 0.185. The number of hydrogen-bond donors (Lipinski definition) is 1. The van der Waals surface area contributed by atoms with E-state index in [1.165, 1.54) is 12.1 Å². The Morgan fingerprint density at radius 3 is 2.37 bits per heavy atom. The maximum Gasteiger partial charge on any atom is 0.307 e. The van der Waals surface area contributed by atoms with Crippen LogP contribution in [-0.2, 0) is 17.8 Å². The van der Waals surface area contributed by atoms with Gasteiger partial charge in [0.15, 0.2) is 0 Å². The summed E-state index contributed by atoms with van der Waals surface area (Å²) in [6, 6.07) is 17.1. The van der Waals surface area contributed by atoms with Crippen molar-refractivity contribution in [2.45, 2.75) is 31.8 Å². The van der Waals surface area contributed by atoms with Gasteiger partial charge in [-0.05, 0) is 59.9 Å². The minimum Gasteiger partial charge on any atom is -0.489 e. The molecule has 3 aromatic carbocycles. The average Bonchev–Trinajstić information content (AvgIpc) is 3.59. The molecule has 1 aliphatic rings. The molecule has 1 fully saturated rings. The van der Waals surface area contributed by atoms with Gasteiger partial charge in [0.05, 0.1) is 22.0 Å². The molecule has 0 aliphatic heterocycles. The number of rotatable bonds is 8. The molecule has 0 amide bonds. The number of benzene rings is 3. The molecule has 8 heteroatoms. The van der Waals surface area contributed by atoms with Gasteiger partial charge in [-0.15, -0.1) is 0 Å². The molecule has 0 bridgehead atoms. The summed E-state index contributed by atoms with van der Waals surface area (Å²) in [5, 5.41) is 14.1. The second-order valence-corrected chi connectivity index (χ2v) is 9.25. The quantitative estimate of drug-likeness (QED) is 0.264. The Morgan fingerprint density at radius 1 is 1.06 bits per heavy atom. The van der Waals surface area contributed by atoms with E-state index in [0.717, 1.165) is 29.7 Å². The van der Waals surface area contributed by atoms with E-state index in [1.807, 2.05) is 12.1 Å². The van der Waals surface area contributed by atoms with Crippen LogP contribution in [0.15, 0.2) is 65.2 Å². The fourth-order valence-electron chi connectivity index (χ4n) is 3.98. The van der Waals surface area contributed by atoms with E-state index in [0.29, 0.717) is 38.5 Å². The summed E-state index contributed by atoms with van der Waals surface area (Å²) >= 11 is 12.8. The number of aromatic nitrogens is 1. The first-order valence-corrected chi connectivity index (χ1v) is 11.8. The van der Waals surface area contributed by atoms with Crippen LogP contribution in [0.2, 0.25) is 10.0 Å². The number of carboxylic acid groups (broad SMARTS) is 1. The standard InChI is InChI=1S/C27H20Cl2FNO4/c28-21-2-1-3-22(29)25(21)26-20(27(35-31-26)16-4-5-16)14-34-19-10-8-15(9-11-19)17-6-7-18(13-24(32)33)23(30)12-17/h1-3,6-12,16H,4-5,13-14H2,(H,32,33). The first-order chi connectivity index (χ1) is 16.9. The second kappa shape index (κ2) is 9.72. The lowest BCUT2D eigenvalue weighted by molar-refractivity contribution is -0.136. The first kappa shape index (κ1) is 23.4. The maximum atomic E-state index is 14.3. The smallest absolute Gasteiger partial charge is 0.307 e.